The van der Waals surface area contributed by atoms with E-state index in [4.69, 9.17) is 9.84 Å². The van der Waals surface area contributed by atoms with E-state index < -0.39 is 5.97 Å². The standard InChI is InChI=1S/C16H19N3O3/c1-3-11-5-4-6-12(9-11)22-8-7-14-18-13(16(20)21)10-15(17-2)19-14/h4-6,9-10H,3,7-8H2,1-2H3,(H,20,21)(H,17,18,19). The van der Waals surface area contributed by atoms with Gasteiger partial charge in [-0.15, -0.1) is 0 Å². The first-order chi connectivity index (χ1) is 10.6. The van der Waals surface area contributed by atoms with Crippen molar-refractivity contribution in [1.82, 2.24) is 9.97 Å². The summed E-state index contributed by atoms with van der Waals surface area (Å²) >= 11 is 0. The molecule has 6 nitrogen and oxygen atoms in total. The van der Waals surface area contributed by atoms with Gasteiger partial charge in [-0.2, -0.15) is 0 Å². The molecule has 0 aliphatic carbocycles. The molecule has 2 aromatic rings. The SMILES string of the molecule is CCc1cccc(OCCc2nc(NC)cc(C(=O)O)n2)c1. The molecular weight excluding hydrogens is 282 g/mol. The average molecular weight is 301 g/mol. The fourth-order valence-electron chi connectivity index (χ4n) is 1.96. The van der Waals surface area contributed by atoms with Gasteiger partial charge in [0, 0.05) is 19.5 Å². The third-order valence-corrected chi connectivity index (χ3v) is 3.15. The Morgan fingerprint density at radius 1 is 1.32 bits per heavy atom. The van der Waals surface area contributed by atoms with Crippen molar-refractivity contribution in [3.63, 3.8) is 0 Å². The fourth-order valence-corrected chi connectivity index (χ4v) is 1.96. The van der Waals surface area contributed by atoms with E-state index in [1.807, 2.05) is 24.3 Å². The number of anilines is 1. The van der Waals surface area contributed by atoms with Gasteiger partial charge in [-0.25, -0.2) is 14.8 Å². The molecule has 1 aromatic heterocycles. The monoisotopic (exact) mass is 301 g/mol. The predicted octanol–water partition coefficient (Wildman–Crippen LogP) is 2.40. The van der Waals surface area contributed by atoms with Crippen LogP contribution in [0.1, 0.15) is 28.8 Å². The van der Waals surface area contributed by atoms with Crippen molar-refractivity contribution in [1.29, 1.82) is 0 Å². The van der Waals surface area contributed by atoms with Gasteiger partial charge in [0.25, 0.3) is 0 Å². The number of nitrogens with one attached hydrogen (secondary N) is 1. The number of hydrogen-bond acceptors (Lipinski definition) is 5. The van der Waals surface area contributed by atoms with E-state index in [-0.39, 0.29) is 5.69 Å². The maximum atomic E-state index is 11.0. The van der Waals surface area contributed by atoms with E-state index in [0.717, 1.165) is 12.2 Å². The predicted molar refractivity (Wildman–Crippen MR) is 83.6 cm³/mol. The minimum absolute atomic E-state index is 0.0256. The molecule has 0 bridgehead atoms. The third-order valence-electron chi connectivity index (χ3n) is 3.15. The number of carboxylic acids is 1. The lowest BCUT2D eigenvalue weighted by Crippen LogP contribution is -2.11. The first kappa shape index (κ1) is 15.8. The van der Waals surface area contributed by atoms with Crippen molar-refractivity contribution in [2.45, 2.75) is 19.8 Å². The van der Waals surface area contributed by atoms with Crippen LogP contribution in [0.3, 0.4) is 0 Å². The van der Waals surface area contributed by atoms with Crippen LogP contribution in [-0.4, -0.2) is 34.7 Å². The Morgan fingerprint density at radius 3 is 2.82 bits per heavy atom. The zero-order valence-electron chi connectivity index (χ0n) is 12.7. The molecule has 116 valence electrons. The number of carbonyl (C=O) groups is 1. The highest BCUT2D eigenvalue weighted by molar-refractivity contribution is 5.86. The van der Waals surface area contributed by atoms with E-state index >= 15 is 0 Å². The summed E-state index contributed by atoms with van der Waals surface area (Å²) in [5.74, 6) is 0.644. The van der Waals surface area contributed by atoms with E-state index in [1.165, 1.54) is 11.6 Å². The Balaban J connectivity index is 2.01. The summed E-state index contributed by atoms with van der Waals surface area (Å²) in [7, 11) is 1.69. The Morgan fingerprint density at radius 2 is 2.14 bits per heavy atom. The molecule has 22 heavy (non-hydrogen) atoms. The number of rotatable bonds is 7. The summed E-state index contributed by atoms with van der Waals surface area (Å²) in [6, 6.07) is 9.29. The summed E-state index contributed by atoms with van der Waals surface area (Å²) in [6.07, 6.45) is 1.39. The van der Waals surface area contributed by atoms with E-state index in [1.54, 1.807) is 7.05 Å². The summed E-state index contributed by atoms with van der Waals surface area (Å²) in [6.45, 7) is 2.48. The number of aromatic nitrogens is 2. The molecule has 0 saturated heterocycles. The molecular formula is C16H19N3O3. The van der Waals surface area contributed by atoms with Crippen molar-refractivity contribution < 1.29 is 14.6 Å². The zero-order chi connectivity index (χ0) is 15.9. The van der Waals surface area contributed by atoms with Crippen LogP contribution < -0.4 is 10.1 Å². The van der Waals surface area contributed by atoms with Gasteiger partial charge in [0.1, 0.15) is 17.4 Å². The van der Waals surface area contributed by atoms with Gasteiger partial charge in [0.05, 0.1) is 6.61 Å². The van der Waals surface area contributed by atoms with Crippen molar-refractivity contribution in [2.24, 2.45) is 0 Å². The van der Waals surface area contributed by atoms with Crippen LogP contribution in [0.2, 0.25) is 0 Å². The topological polar surface area (TPSA) is 84.3 Å². The molecule has 0 atom stereocenters. The quantitative estimate of drug-likeness (QED) is 0.817. The lowest BCUT2D eigenvalue weighted by atomic mass is 10.2. The van der Waals surface area contributed by atoms with E-state index in [2.05, 4.69) is 22.2 Å². The Bertz CT molecular complexity index is 659. The molecule has 1 aromatic carbocycles. The number of benzene rings is 1. The largest absolute Gasteiger partial charge is 0.493 e. The highest BCUT2D eigenvalue weighted by atomic mass is 16.5. The highest BCUT2D eigenvalue weighted by Gasteiger charge is 2.10. The molecule has 0 spiro atoms. The van der Waals surface area contributed by atoms with Gasteiger partial charge in [0.2, 0.25) is 0 Å². The average Bonchev–Trinajstić information content (AvgIpc) is 2.54. The van der Waals surface area contributed by atoms with Crippen LogP contribution in [0.15, 0.2) is 30.3 Å². The second-order valence-electron chi connectivity index (χ2n) is 4.71. The Labute approximate surface area is 129 Å². The maximum Gasteiger partial charge on any atom is 0.354 e. The second-order valence-corrected chi connectivity index (χ2v) is 4.71. The van der Waals surface area contributed by atoms with Crippen LogP contribution in [0.4, 0.5) is 5.82 Å². The Hall–Kier alpha value is -2.63. The molecule has 2 rings (SSSR count). The van der Waals surface area contributed by atoms with Crippen molar-refractivity contribution in [3.8, 4) is 5.75 Å². The highest BCUT2D eigenvalue weighted by Crippen LogP contribution is 2.14. The number of carboxylic acid groups (broad SMARTS) is 1. The lowest BCUT2D eigenvalue weighted by molar-refractivity contribution is 0.0690. The van der Waals surface area contributed by atoms with Gasteiger partial charge in [-0.05, 0) is 24.1 Å². The zero-order valence-corrected chi connectivity index (χ0v) is 12.7. The van der Waals surface area contributed by atoms with Crippen molar-refractivity contribution >= 4 is 11.8 Å². The van der Waals surface area contributed by atoms with Crippen LogP contribution in [0, 0.1) is 0 Å². The van der Waals surface area contributed by atoms with Gasteiger partial charge >= 0.3 is 5.97 Å². The number of hydrogen-bond donors (Lipinski definition) is 2. The minimum atomic E-state index is -1.07. The minimum Gasteiger partial charge on any atom is -0.493 e. The van der Waals surface area contributed by atoms with Gasteiger partial charge in [-0.1, -0.05) is 19.1 Å². The molecule has 0 aliphatic heterocycles. The molecule has 0 fully saturated rings. The van der Waals surface area contributed by atoms with Crippen molar-refractivity contribution in [3.05, 3.63) is 47.4 Å². The molecule has 0 amide bonds. The maximum absolute atomic E-state index is 11.0. The van der Waals surface area contributed by atoms with E-state index in [0.29, 0.717) is 24.7 Å². The first-order valence-corrected chi connectivity index (χ1v) is 7.13. The summed E-state index contributed by atoms with van der Waals surface area (Å²) in [4.78, 5) is 19.3. The molecule has 6 heteroatoms. The number of aryl methyl sites for hydroxylation is 1. The molecule has 0 unspecified atom stereocenters. The summed E-state index contributed by atoms with van der Waals surface area (Å²) < 4.78 is 5.68. The van der Waals surface area contributed by atoms with Crippen LogP contribution in [0.25, 0.3) is 0 Å². The smallest absolute Gasteiger partial charge is 0.354 e. The molecule has 1 heterocycles. The normalized spacial score (nSPS) is 10.3. The van der Waals surface area contributed by atoms with E-state index in [9.17, 15) is 4.79 Å². The number of nitrogens with zero attached hydrogens (tertiary/aromatic N) is 2. The number of ether oxygens (including phenoxy) is 1. The van der Waals surface area contributed by atoms with Gasteiger partial charge in [0.15, 0.2) is 5.69 Å². The van der Waals surface area contributed by atoms with Gasteiger partial charge in [-0.3, -0.25) is 0 Å². The first-order valence-electron chi connectivity index (χ1n) is 7.13. The molecule has 0 radical (unpaired) electrons. The lowest BCUT2D eigenvalue weighted by Gasteiger charge is -2.08. The molecule has 0 aliphatic rings. The fraction of sp³-hybridized carbons (Fsp3) is 0.312. The van der Waals surface area contributed by atoms with Crippen LogP contribution in [0.5, 0.6) is 5.75 Å². The van der Waals surface area contributed by atoms with Crippen LogP contribution >= 0.6 is 0 Å². The summed E-state index contributed by atoms with van der Waals surface area (Å²) in [5, 5.41) is 11.9. The van der Waals surface area contributed by atoms with Gasteiger partial charge < -0.3 is 15.2 Å². The summed E-state index contributed by atoms with van der Waals surface area (Å²) in [5.41, 5.74) is 1.18. The molecule has 0 saturated carbocycles. The van der Waals surface area contributed by atoms with Crippen LogP contribution in [-0.2, 0) is 12.8 Å². The second kappa shape index (κ2) is 7.40. The molecule has 2 N–H and O–H groups in total. The third kappa shape index (κ3) is 4.18. The Kier molecular flexibility index (Phi) is 5.30. The number of aromatic carboxylic acids is 1. The van der Waals surface area contributed by atoms with Crippen molar-refractivity contribution in [2.75, 3.05) is 19.0 Å².